The molecule has 3 aromatic rings. The summed E-state index contributed by atoms with van der Waals surface area (Å²) in [7, 11) is 0. The van der Waals surface area contributed by atoms with Crippen LogP contribution in [0.5, 0.6) is 5.75 Å². The predicted octanol–water partition coefficient (Wildman–Crippen LogP) is 4.45. The van der Waals surface area contributed by atoms with Gasteiger partial charge in [-0.05, 0) is 49.6 Å². The molecule has 0 aliphatic rings. The molecule has 1 aromatic heterocycles. The summed E-state index contributed by atoms with van der Waals surface area (Å²) in [4.78, 5) is 15.6. The van der Waals surface area contributed by atoms with Gasteiger partial charge in [0.25, 0.3) is 0 Å². The van der Waals surface area contributed by atoms with Crippen molar-refractivity contribution in [3.8, 4) is 5.75 Å². The van der Waals surface area contributed by atoms with E-state index in [1.807, 2.05) is 56.4 Å². The van der Waals surface area contributed by atoms with Crippen molar-refractivity contribution in [1.29, 1.82) is 0 Å². The maximum atomic E-state index is 12.3. The molecule has 0 fully saturated rings. The van der Waals surface area contributed by atoms with Crippen LogP contribution in [0.1, 0.15) is 24.5 Å². The highest BCUT2D eigenvalue weighted by molar-refractivity contribution is 5.93. The Morgan fingerprint density at radius 2 is 2.04 bits per heavy atom. The van der Waals surface area contributed by atoms with Crippen molar-refractivity contribution in [3.05, 3.63) is 59.8 Å². The molecule has 0 saturated heterocycles. The minimum Gasteiger partial charge on any atom is -0.492 e. The van der Waals surface area contributed by atoms with Gasteiger partial charge in [0, 0.05) is 23.5 Å². The first kappa shape index (κ1) is 16.1. The average molecular weight is 322 g/mol. The van der Waals surface area contributed by atoms with Gasteiger partial charge < -0.3 is 15.0 Å². The Bertz CT molecular complexity index is 852. The van der Waals surface area contributed by atoms with Crippen LogP contribution >= 0.6 is 0 Å². The lowest BCUT2D eigenvalue weighted by molar-refractivity contribution is -0.116. The van der Waals surface area contributed by atoms with E-state index in [-0.39, 0.29) is 5.91 Å². The lowest BCUT2D eigenvalue weighted by Crippen LogP contribution is -2.13. The summed E-state index contributed by atoms with van der Waals surface area (Å²) in [6, 6.07) is 13.9. The number of anilines is 1. The molecule has 0 atom stereocenters. The van der Waals surface area contributed by atoms with E-state index in [1.54, 1.807) is 0 Å². The molecule has 0 saturated carbocycles. The van der Waals surface area contributed by atoms with E-state index < -0.39 is 0 Å². The summed E-state index contributed by atoms with van der Waals surface area (Å²) < 4.78 is 5.61. The van der Waals surface area contributed by atoms with E-state index in [9.17, 15) is 4.79 Å². The van der Waals surface area contributed by atoms with Gasteiger partial charge in [-0.2, -0.15) is 0 Å². The van der Waals surface area contributed by atoms with Gasteiger partial charge in [-0.25, -0.2) is 0 Å². The molecule has 0 spiro atoms. The Morgan fingerprint density at radius 1 is 1.21 bits per heavy atom. The number of aromatic amines is 1. The minimum atomic E-state index is -0.00918. The second-order valence-corrected chi connectivity index (χ2v) is 5.84. The number of amides is 1. The summed E-state index contributed by atoms with van der Waals surface area (Å²) in [6.07, 6.45) is 3.11. The number of rotatable bonds is 6. The van der Waals surface area contributed by atoms with Gasteiger partial charge >= 0.3 is 0 Å². The number of hydrogen-bond donors (Lipinski definition) is 2. The molecule has 0 radical (unpaired) electrons. The molecule has 4 heteroatoms. The predicted molar refractivity (Wildman–Crippen MR) is 97.6 cm³/mol. The fraction of sp³-hybridized carbons (Fsp3) is 0.250. The smallest absolute Gasteiger partial charge is 0.224 e. The third-order valence-electron chi connectivity index (χ3n) is 4.01. The zero-order valence-electron chi connectivity index (χ0n) is 14.1. The van der Waals surface area contributed by atoms with Gasteiger partial charge in [0.1, 0.15) is 5.75 Å². The van der Waals surface area contributed by atoms with Crippen LogP contribution in [0.3, 0.4) is 0 Å². The van der Waals surface area contributed by atoms with E-state index in [1.165, 1.54) is 5.39 Å². The van der Waals surface area contributed by atoms with Crippen LogP contribution in [0.25, 0.3) is 10.9 Å². The maximum absolute atomic E-state index is 12.3. The number of carbonyl (C=O) groups is 1. The second-order valence-electron chi connectivity index (χ2n) is 5.84. The van der Waals surface area contributed by atoms with E-state index in [0.717, 1.165) is 28.1 Å². The molecule has 124 valence electrons. The first-order valence-corrected chi connectivity index (χ1v) is 8.25. The Kier molecular flexibility index (Phi) is 4.85. The van der Waals surface area contributed by atoms with Crippen LogP contribution in [-0.4, -0.2) is 17.5 Å². The van der Waals surface area contributed by atoms with Crippen LogP contribution in [0.4, 0.5) is 5.69 Å². The summed E-state index contributed by atoms with van der Waals surface area (Å²) in [5.74, 6) is 0.711. The van der Waals surface area contributed by atoms with E-state index >= 15 is 0 Å². The number of hydrogen-bond acceptors (Lipinski definition) is 2. The topological polar surface area (TPSA) is 54.1 Å². The second kappa shape index (κ2) is 7.21. The molecule has 1 heterocycles. The summed E-state index contributed by atoms with van der Waals surface area (Å²) in [5.41, 5.74) is 4.10. The van der Waals surface area contributed by atoms with Crippen LogP contribution < -0.4 is 10.1 Å². The molecule has 2 N–H and O–H groups in total. The zero-order valence-corrected chi connectivity index (χ0v) is 14.1. The number of ether oxygens (including phenoxy) is 1. The SMILES string of the molecule is CCOc1cc(C)ccc1NC(=O)CCc1c[nH]c2ccccc12. The van der Waals surface area contributed by atoms with Gasteiger partial charge in [-0.1, -0.05) is 24.3 Å². The molecule has 3 rings (SSSR count). The number of aromatic nitrogens is 1. The Hall–Kier alpha value is -2.75. The van der Waals surface area contributed by atoms with Crippen molar-refractivity contribution in [1.82, 2.24) is 4.98 Å². The Balaban J connectivity index is 1.66. The summed E-state index contributed by atoms with van der Waals surface area (Å²) >= 11 is 0. The minimum absolute atomic E-state index is 0.00918. The molecule has 0 aliphatic heterocycles. The highest BCUT2D eigenvalue weighted by atomic mass is 16.5. The molecule has 2 aromatic carbocycles. The molecular weight excluding hydrogens is 300 g/mol. The fourth-order valence-electron chi connectivity index (χ4n) is 2.81. The molecule has 0 unspecified atom stereocenters. The fourth-order valence-corrected chi connectivity index (χ4v) is 2.81. The van der Waals surface area contributed by atoms with Gasteiger partial charge in [-0.3, -0.25) is 4.79 Å². The number of fused-ring (bicyclic) bond motifs is 1. The lowest BCUT2D eigenvalue weighted by atomic mass is 10.1. The van der Waals surface area contributed by atoms with Crippen LogP contribution in [0, 0.1) is 6.92 Å². The van der Waals surface area contributed by atoms with E-state index in [2.05, 4.69) is 16.4 Å². The molecule has 0 bridgehead atoms. The van der Waals surface area contributed by atoms with Crippen molar-refractivity contribution < 1.29 is 9.53 Å². The number of para-hydroxylation sites is 1. The van der Waals surface area contributed by atoms with Crippen LogP contribution in [0.2, 0.25) is 0 Å². The molecule has 0 aliphatic carbocycles. The molecule has 1 amide bonds. The monoisotopic (exact) mass is 322 g/mol. The van der Waals surface area contributed by atoms with Gasteiger partial charge in [0.05, 0.1) is 12.3 Å². The molecular formula is C20H22N2O2. The average Bonchev–Trinajstić information content (AvgIpc) is 2.99. The lowest BCUT2D eigenvalue weighted by Gasteiger charge is -2.12. The third-order valence-corrected chi connectivity index (χ3v) is 4.01. The van der Waals surface area contributed by atoms with Crippen LogP contribution in [-0.2, 0) is 11.2 Å². The van der Waals surface area contributed by atoms with Gasteiger partial charge in [0.15, 0.2) is 0 Å². The largest absolute Gasteiger partial charge is 0.492 e. The normalized spacial score (nSPS) is 10.8. The van der Waals surface area contributed by atoms with E-state index in [4.69, 9.17) is 4.74 Å². The number of H-pyrrole nitrogens is 1. The zero-order chi connectivity index (χ0) is 16.9. The van der Waals surface area contributed by atoms with Crippen molar-refractivity contribution in [3.63, 3.8) is 0 Å². The third kappa shape index (κ3) is 3.59. The van der Waals surface area contributed by atoms with Gasteiger partial charge in [-0.15, -0.1) is 0 Å². The quantitative estimate of drug-likeness (QED) is 0.704. The number of nitrogens with one attached hydrogen (secondary N) is 2. The van der Waals surface area contributed by atoms with E-state index in [0.29, 0.717) is 19.4 Å². The first-order chi connectivity index (χ1) is 11.7. The van der Waals surface area contributed by atoms with Gasteiger partial charge in [0.2, 0.25) is 5.91 Å². The summed E-state index contributed by atoms with van der Waals surface area (Å²) in [5, 5.41) is 4.14. The number of aryl methyl sites for hydroxylation is 2. The van der Waals surface area contributed by atoms with Crippen molar-refractivity contribution >= 4 is 22.5 Å². The van der Waals surface area contributed by atoms with Crippen LogP contribution in [0.15, 0.2) is 48.7 Å². The number of benzene rings is 2. The van der Waals surface area contributed by atoms with Crippen molar-refractivity contribution in [2.45, 2.75) is 26.7 Å². The standard InChI is InChI=1S/C20H22N2O2/c1-3-24-19-12-14(2)8-10-18(19)22-20(23)11-9-15-13-21-17-7-5-4-6-16(15)17/h4-8,10,12-13,21H,3,9,11H2,1-2H3,(H,22,23). The molecule has 4 nitrogen and oxygen atoms in total. The molecule has 24 heavy (non-hydrogen) atoms. The highest BCUT2D eigenvalue weighted by Gasteiger charge is 2.10. The highest BCUT2D eigenvalue weighted by Crippen LogP contribution is 2.26. The summed E-state index contributed by atoms with van der Waals surface area (Å²) in [6.45, 7) is 4.51. The maximum Gasteiger partial charge on any atom is 0.224 e. The number of carbonyl (C=O) groups excluding carboxylic acids is 1. The van der Waals surface area contributed by atoms with Crippen molar-refractivity contribution in [2.24, 2.45) is 0 Å². The Labute approximate surface area is 141 Å². The Morgan fingerprint density at radius 3 is 2.88 bits per heavy atom. The first-order valence-electron chi connectivity index (χ1n) is 8.25. The van der Waals surface area contributed by atoms with Crippen molar-refractivity contribution in [2.75, 3.05) is 11.9 Å².